The predicted octanol–water partition coefficient (Wildman–Crippen LogP) is 2.88. The van der Waals surface area contributed by atoms with Gasteiger partial charge in [-0.3, -0.25) is 0 Å². The fraction of sp³-hybridized carbons (Fsp3) is 0.333. The average Bonchev–Trinajstić information content (AvgIpc) is 2.17. The van der Waals surface area contributed by atoms with E-state index < -0.39 is 0 Å². The molecule has 0 radical (unpaired) electrons. The van der Waals surface area contributed by atoms with Crippen LogP contribution in [-0.4, -0.2) is 6.61 Å². The third kappa shape index (κ3) is 1.52. The van der Waals surface area contributed by atoms with Gasteiger partial charge in [0.1, 0.15) is 6.10 Å². The van der Waals surface area contributed by atoms with Crippen LogP contribution in [0.15, 0.2) is 36.4 Å². The highest BCUT2D eigenvalue weighted by Gasteiger charge is 2.20. The third-order valence-corrected chi connectivity index (χ3v) is 2.44. The highest BCUT2D eigenvalue weighted by atomic mass is 16.5. The Hall–Kier alpha value is -1.08. The van der Waals surface area contributed by atoms with Crippen LogP contribution in [0.4, 0.5) is 0 Å². The Morgan fingerprint density at radius 1 is 1.46 bits per heavy atom. The summed E-state index contributed by atoms with van der Waals surface area (Å²) in [6, 6.07) is 8.45. The summed E-state index contributed by atoms with van der Waals surface area (Å²) < 4.78 is 5.67. The Bertz CT molecular complexity index is 328. The fourth-order valence-corrected chi connectivity index (χ4v) is 1.80. The van der Waals surface area contributed by atoms with E-state index in [4.69, 9.17) is 4.74 Å². The van der Waals surface area contributed by atoms with Crippen molar-refractivity contribution in [1.29, 1.82) is 0 Å². The molecular formula is C12H14O. The SMILES string of the molecule is C=C(C)C1OCCc2ccccc21. The molecule has 1 heterocycles. The topological polar surface area (TPSA) is 9.23 Å². The summed E-state index contributed by atoms with van der Waals surface area (Å²) in [5.41, 5.74) is 3.79. The zero-order valence-corrected chi connectivity index (χ0v) is 7.92. The van der Waals surface area contributed by atoms with Crippen molar-refractivity contribution < 1.29 is 4.74 Å². The Labute approximate surface area is 79.0 Å². The molecule has 0 spiro atoms. The lowest BCUT2D eigenvalue weighted by Gasteiger charge is -2.26. The van der Waals surface area contributed by atoms with E-state index in [1.807, 2.05) is 6.92 Å². The number of hydrogen-bond donors (Lipinski definition) is 0. The minimum atomic E-state index is 0.116. The summed E-state index contributed by atoms with van der Waals surface area (Å²) in [6.45, 7) is 6.79. The summed E-state index contributed by atoms with van der Waals surface area (Å²) in [5.74, 6) is 0. The molecule has 0 saturated heterocycles. The van der Waals surface area contributed by atoms with Crippen molar-refractivity contribution in [2.75, 3.05) is 6.61 Å². The van der Waals surface area contributed by atoms with Gasteiger partial charge in [0.05, 0.1) is 6.61 Å². The van der Waals surface area contributed by atoms with Crippen LogP contribution in [-0.2, 0) is 11.2 Å². The van der Waals surface area contributed by atoms with E-state index in [-0.39, 0.29) is 6.10 Å². The Kier molecular flexibility index (Phi) is 2.19. The van der Waals surface area contributed by atoms with Crippen LogP contribution in [0.25, 0.3) is 0 Å². The lowest BCUT2D eigenvalue weighted by Crippen LogP contribution is -2.16. The number of rotatable bonds is 1. The second kappa shape index (κ2) is 3.35. The Morgan fingerprint density at radius 2 is 2.23 bits per heavy atom. The van der Waals surface area contributed by atoms with Crippen molar-refractivity contribution in [3.8, 4) is 0 Å². The summed E-state index contributed by atoms with van der Waals surface area (Å²) in [6.07, 6.45) is 1.14. The molecule has 0 aromatic heterocycles. The molecule has 1 atom stereocenters. The fourth-order valence-electron chi connectivity index (χ4n) is 1.80. The number of fused-ring (bicyclic) bond motifs is 1. The van der Waals surface area contributed by atoms with E-state index in [0.29, 0.717) is 0 Å². The van der Waals surface area contributed by atoms with Gasteiger partial charge in [0.25, 0.3) is 0 Å². The van der Waals surface area contributed by atoms with Gasteiger partial charge in [0.15, 0.2) is 0 Å². The van der Waals surface area contributed by atoms with Crippen molar-refractivity contribution in [3.05, 3.63) is 47.5 Å². The first kappa shape index (κ1) is 8.52. The van der Waals surface area contributed by atoms with Crippen molar-refractivity contribution in [2.24, 2.45) is 0 Å². The predicted molar refractivity (Wildman–Crippen MR) is 53.7 cm³/mol. The van der Waals surface area contributed by atoms with Crippen LogP contribution in [0.2, 0.25) is 0 Å². The molecule has 68 valence electrons. The van der Waals surface area contributed by atoms with Crippen LogP contribution in [0.1, 0.15) is 24.2 Å². The molecule has 1 aliphatic rings. The minimum Gasteiger partial charge on any atom is -0.369 e. The van der Waals surface area contributed by atoms with Gasteiger partial charge < -0.3 is 4.74 Å². The van der Waals surface area contributed by atoms with E-state index in [2.05, 4.69) is 30.8 Å². The van der Waals surface area contributed by atoms with Gasteiger partial charge >= 0.3 is 0 Å². The van der Waals surface area contributed by atoms with E-state index in [1.165, 1.54) is 11.1 Å². The lowest BCUT2D eigenvalue weighted by atomic mass is 9.94. The molecule has 1 nitrogen and oxygen atoms in total. The first-order chi connectivity index (χ1) is 6.29. The van der Waals surface area contributed by atoms with Crippen LogP contribution < -0.4 is 0 Å². The van der Waals surface area contributed by atoms with E-state index in [9.17, 15) is 0 Å². The molecule has 1 unspecified atom stereocenters. The van der Waals surface area contributed by atoms with Gasteiger partial charge in [-0.2, -0.15) is 0 Å². The van der Waals surface area contributed by atoms with Crippen molar-refractivity contribution in [3.63, 3.8) is 0 Å². The van der Waals surface area contributed by atoms with Crippen molar-refractivity contribution >= 4 is 0 Å². The van der Waals surface area contributed by atoms with Gasteiger partial charge in [-0.1, -0.05) is 30.8 Å². The molecule has 0 aliphatic carbocycles. The molecule has 0 N–H and O–H groups in total. The molecule has 1 heteroatoms. The summed E-state index contributed by atoms with van der Waals surface area (Å²) in [7, 11) is 0. The number of ether oxygens (including phenoxy) is 1. The highest BCUT2D eigenvalue weighted by Crippen LogP contribution is 2.31. The van der Waals surface area contributed by atoms with Gasteiger partial charge in [-0.25, -0.2) is 0 Å². The largest absolute Gasteiger partial charge is 0.369 e. The van der Waals surface area contributed by atoms with Gasteiger partial charge in [0.2, 0.25) is 0 Å². The molecule has 0 amide bonds. The second-order valence-corrected chi connectivity index (χ2v) is 3.55. The molecule has 0 saturated carbocycles. The maximum absolute atomic E-state index is 5.67. The van der Waals surface area contributed by atoms with Gasteiger partial charge in [-0.15, -0.1) is 0 Å². The molecule has 1 aromatic rings. The van der Waals surface area contributed by atoms with E-state index >= 15 is 0 Å². The molecular weight excluding hydrogens is 160 g/mol. The monoisotopic (exact) mass is 174 g/mol. The molecule has 1 aliphatic heterocycles. The van der Waals surface area contributed by atoms with Crippen LogP contribution in [0, 0.1) is 0 Å². The molecule has 1 aromatic carbocycles. The van der Waals surface area contributed by atoms with Crippen LogP contribution >= 0.6 is 0 Å². The smallest absolute Gasteiger partial charge is 0.103 e. The normalized spacial score (nSPS) is 20.8. The summed E-state index contributed by atoms with van der Waals surface area (Å²) in [5, 5.41) is 0. The summed E-state index contributed by atoms with van der Waals surface area (Å²) >= 11 is 0. The Morgan fingerprint density at radius 3 is 3.00 bits per heavy atom. The van der Waals surface area contributed by atoms with Crippen LogP contribution in [0.5, 0.6) is 0 Å². The quantitative estimate of drug-likeness (QED) is 0.595. The lowest BCUT2D eigenvalue weighted by molar-refractivity contribution is 0.0674. The van der Waals surface area contributed by atoms with Gasteiger partial charge in [-0.05, 0) is 30.0 Å². The maximum Gasteiger partial charge on any atom is 0.103 e. The number of benzene rings is 1. The van der Waals surface area contributed by atoms with E-state index in [0.717, 1.165) is 18.6 Å². The zero-order valence-electron chi connectivity index (χ0n) is 7.92. The average molecular weight is 174 g/mol. The minimum absolute atomic E-state index is 0.116. The summed E-state index contributed by atoms with van der Waals surface area (Å²) in [4.78, 5) is 0. The maximum atomic E-state index is 5.67. The third-order valence-electron chi connectivity index (χ3n) is 2.44. The highest BCUT2D eigenvalue weighted by molar-refractivity contribution is 5.34. The second-order valence-electron chi connectivity index (χ2n) is 3.55. The van der Waals surface area contributed by atoms with Crippen molar-refractivity contribution in [2.45, 2.75) is 19.4 Å². The first-order valence-electron chi connectivity index (χ1n) is 4.64. The van der Waals surface area contributed by atoms with Gasteiger partial charge in [0, 0.05) is 0 Å². The van der Waals surface area contributed by atoms with E-state index in [1.54, 1.807) is 0 Å². The molecule has 2 rings (SSSR count). The zero-order chi connectivity index (χ0) is 9.26. The first-order valence-corrected chi connectivity index (χ1v) is 4.64. The molecule has 0 bridgehead atoms. The standard InChI is InChI=1S/C12H14O/c1-9(2)12-11-6-4-3-5-10(11)7-8-13-12/h3-6,12H,1,7-8H2,2H3. The molecule has 0 fully saturated rings. The Balaban J connectivity index is 2.42. The van der Waals surface area contributed by atoms with Crippen LogP contribution in [0.3, 0.4) is 0 Å². The molecule has 13 heavy (non-hydrogen) atoms. The number of hydrogen-bond acceptors (Lipinski definition) is 1. The van der Waals surface area contributed by atoms with Crippen molar-refractivity contribution in [1.82, 2.24) is 0 Å².